The molecule has 0 radical (unpaired) electrons. The second-order valence-corrected chi connectivity index (χ2v) is 11.3. The lowest BCUT2D eigenvalue weighted by atomic mass is 9.48. The minimum Gasteiger partial charge on any atom is -0.462 e. The van der Waals surface area contributed by atoms with E-state index in [-0.39, 0.29) is 22.9 Å². The smallest absolute Gasteiger partial charge is 0.307 e. The molecule has 0 aromatic carbocycles. The average molecular weight is 414 g/mol. The van der Waals surface area contributed by atoms with Gasteiger partial charge in [0, 0.05) is 24.8 Å². The summed E-state index contributed by atoms with van der Waals surface area (Å²) in [5.41, 5.74) is 1.74. The van der Waals surface area contributed by atoms with E-state index >= 15 is 0 Å². The molecule has 5 rings (SSSR count). The van der Waals surface area contributed by atoms with Gasteiger partial charge in [0.05, 0.1) is 6.42 Å². The number of allylic oxidation sites excluding steroid dienone is 1. The maximum Gasteiger partial charge on any atom is 0.307 e. The molecule has 6 atom stereocenters. The maximum atomic E-state index is 12.6. The number of likely N-dealkylation sites (tertiary alicyclic amines) is 1. The minimum absolute atomic E-state index is 0.0114. The number of carbonyl (C=O) groups is 2. The highest BCUT2D eigenvalue weighted by Gasteiger charge is 2.58. The normalized spacial score (nSPS) is 43.5. The van der Waals surface area contributed by atoms with E-state index in [9.17, 15) is 9.59 Å². The molecule has 30 heavy (non-hydrogen) atoms. The van der Waals surface area contributed by atoms with Crippen molar-refractivity contribution < 1.29 is 14.3 Å². The first kappa shape index (κ1) is 20.7. The van der Waals surface area contributed by atoms with Gasteiger partial charge < -0.3 is 9.64 Å². The first-order valence-corrected chi connectivity index (χ1v) is 12.5. The molecule has 0 amide bonds. The highest BCUT2D eigenvalue weighted by atomic mass is 16.5. The van der Waals surface area contributed by atoms with Crippen LogP contribution in [0.4, 0.5) is 0 Å². The number of ether oxygens (including phenoxy) is 1. The molecular weight excluding hydrogens is 374 g/mol. The van der Waals surface area contributed by atoms with Crippen LogP contribution in [-0.2, 0) is 14.3 Å². The SMILES string of the molecule is C[C@]12CC[C@@H](OC(=O)CCN3CCCC3)CC1=CC[C@H]1[C@H]2CC[C@]2(C)C(=O)CC[C@H]12. The third-order valence-corrected chi connectivity index (χ3v) is 9.90. The molecule has 3 saturated carbocycles. The number of nitrogens with zero attached hydrogens (tertiary/aromatic N) is 1. The summed E-state index contributed by atoms with van der Waals surface area (Å²) in [7, 11) is 0. The Hall–Kier alpha value is -1.16. The van der Waals surface area contributed by atoms with E-state index in [1.807, 2.05) is 0 Å². The number of fused-ring (bicyclic) bond motifs is 5. The highest BCUT2D eigenvalue weighted by molar-refractivity contribution is 5.87. The predicted octanol–water partition coefficient (Wildman–Crippen LogP) is 4.92. The lowest BCUT2D eigenvalue weighted by Gasteiger charge is -2.56. The zero-order chi connectivity index (χ0) is 20.9. The van der Waals surface area contributed by atoms with Crippen molar-refractivity contribution in [2.45, 2.75) is 90.6 Å². The summed E-state index contributed by atoms with van der Waals surface area (Å²) < 4.78 is 5.93. The van der Waals surface area contributed by atoms with Gasteiger partial charge in [0.15, 0.2) is 0 Å². The van der Waals surface area contributed by atoms with Crippen molar-refractivity contribution in [3.05, 3.63) is 11.6 Å². The maximum absolute atomic E-state index is 12.6. The number of Topliss-reactive ketones (excluding diaryl/α,β-unsaturated/α-hetero) is 1. The van der Waals surface area contributed by atoms with Gasteiger partial charge in [0.25, 0.3) is 0 Å². The number of carbonyl (C=O) groups excluding carboxylic acids is 2. The molecule has 4 heteroatoms. The van der Waals surface area contributed by atoms with Gasteiger partial charge >= 0.3 is 5.97 Å². The molecule has 0 N–H and O–H groups in total. The molecule has 0 bridgehead atoms. The third-order valence-electron chi connectivity index (χ3n) is 9.90. The fourth-order valence-electron chi connectivity index (χ4n) is 8.00. The molecule has 0 aromatic rings. The molecule has 4 fully saturated rings. The lowest BCUT2D eigenvalue weighted by molar-refractivity contribution is -0.151. The van der Waals surface area contributed by atoms with E-state index in [2.05, 4.69) is 24.8 Å². The van der Waals surface area contributed by atoms with Gasteiger partial charge in [0.2, 0.25) is 0 Å². The van der Waals surface area contributed by atoms with Crippen LogP contribution in [0.25, 0.3) is 0 Å². The van der Waals surface area contributed by atoms with Crippen LogP contribution >= 0.6 is 0 Å². The van der Waals surface area contributed by atoms with E-state index < -0.39 is 0 Å². The van der Waals surface area contributed by atoms with Crippen molar-refractivity contribution in [2.75, 3.05) is 19.6 Å². The molecule has 4 aliphatic carbocycles. The molecule has 166 valence electrons. The van der Waals surface area contributed by atoms with Crippen LogP contribution in [0.15, 0.2) is 11.6 Å². The van der Waals surface area contributed by atoms with Crippen molar-refractivity contribution in [1.82, 2.24) is 4.90 Å². The number of ketones is 1. The Morgan fingerprint density at radius 1 is 1.10 bits per heavy atom. The summed E-state index contributed by atoms with van der Waals surface area (Å²) in [6.07, 6.45) is 14.0. The molecule has 0 aromatic heterocycles. The average Bonchev–Trinajstić information content (AvgIpc) is 3.35. The van der Waals surface area contributed by atoms with Gasteiger partial charge in [-0.2, -0.15) is 0 Å². The Balaban J connectivity index is 1.22. The number of esters is 1. The van der Waals surface area contributed by atoms with Crippen molar-refractivity contribution in [3.63, 3.8) is 0 Å². The van der Waals surface area contributed by atoms with Crippen LogP contribution in [0.2, 0.25) is 0 Å². The van der Waals surface area contributed by atoms with Crippen LogP contribution in [-0.4, -0.2) is 42.4 Å². The van der Waals surface area contributed by atoms with Gasteiger partial charge in [-0.3, -0.25) is 9.59 Å². The van der Waals surface area contributed by atoms with E-state index in [1.54, 1.807) is 5.57 Å². The number of hydrogen-bond donors (Lipinski definition) is 0. The summed E-state index contributed by atoms with van der Waals surface area (Å²) >= 11 is 0. The van der Waals surface area contributed by atoms with Gasteiger partial charge in [0.1, 0.15) is 11.9 Å². The lowest BCUT2D eigenvalue weighted by Crippen LogP contribution is -2.50. The van der Waals surface area contributed by atoms with Gasteiger partial charge in [-0.15, -0.1) is 0 Å². The molecule has 0 unspecified atom stereocenters. The van der Waals surface area contributed by atoms with Crippen molar-refractivity contribution in [2.24, 2.45) is 28.6 Å². The first-order chi connectivity index (χ1) is 14.4. The molecule has 4 nitrogen and oxygen atoms in total. The molecule has 1 heterocycles. The van der Waals surface area contributed by atoms with Crippen LogP contribution in [0.3, 0.4) is 0 Å². The van der Waals surface area contributed by atoms with Crippen LogP contribution in [0, 0.1) is 28.6 Å². The van der Waals surface area contributed by atoms with Crippen LogP contribution in [0.1, 0.15) is 84.5 Å². The second kappa shape index (κ2) is 7.76. The van der Waals surface area contributed by atoms with Crippen molar-refractivity contribution in [3.8, 4) is 0 Å². The van der Waals surface area contributed by atoms with E-state index in [4.69, 9.17) is 4.74 Å². The van der Waals surface area contributed by atoms with E-state index in [0.717, 1.165) is 64.6 Å². The summed E-state index contributed by atoms with van der Waals surface area (Å²) in [6, 6.07) is 0. The zero-order valence-corrected chi connectivity index (χ0v) is 19.0. The Morgan fingerprint density at radius 2 is 1.83 bits per heavy atom. The standard InChI is InChI=1S/C26H39NO3/c1-25-12-9-19(30-24(29)11-16-27-14-3-4-15-27)17-18(25)5-6-20-21-7-8-23(28)26(21,2)13-10-22(20)25/h5,19-22H,3-4,6-17H2,1-2H3/t19-,20-,21-,22-,25+,26+/m1/s1. The van der Waals surface area contributed by atoms with Gasteiger partial charge in [-0.1, -0.05) is 25.5 Å². The monoisotopic (exact) mass is 413 g/mol. The highest BCUT2D eigenvalue weighted by Crippen LogP contribution is 2.64. The third kappa shape index (κ3) is 3.38. The Kier molecular flexibility index (Phi) is 5.36. The Morgan fingerprint density at radius 3 is 2.63 bits per heavy atom. The minimum atomic E-state index is -0.0507. The summed E-state index contributed by atoms with van der Waals surface area (Å²) in [4.78, 5) is 27.4. The van der Waals surface area contributed by atoms with Crippen LogP contribution < -0.4 is 0 Å². The van der Waals surface area contributed by atoms with Gasteiger partial charge in [-0.05, 0) is 87.6 Å². The Labute approximate surface area is 181 Å². The molecule has 5 aliphatic rings. The quantitative estimate of drug-likeness (QED) is 0.485. The van der Waals surface area contributed by atoms with Crippen molar-refractivity contribution >= 4 is 11.8 Å². The molecule has 0 spiro atoms. The summed E-state index contributed by atoms with van der Waals surface area (Å²) in [5, 5.41) is 0. The largest absolute Gasteiger partial charge is 0.462 e. The van der Waals surface area contributed by atoms with E-state index in [0.29, 0.717) is 30.0 Å². The first-order valence-electron chi connectivity index (χ1n) is 12.5. The molecule has 1 aliphatic heterocycles. The fraction of sp³-hybridized carbons (Fsp3) is 0.846. The summed E-state index contributed by atoms with van der Waals surface area (Å²) in [5.74, 6) is 2.47. The van der Waals surface area contributed by atoms with Gasteiger partial charge in [-0.25, -0.2) is 0 Å². The van der Waals surface area contributed by atoms with E-state index in [1.165, 1.54) is 19.3 Å². The topological polar surface area (TPSA) is 46.6 Å². The molecular formula is C26H39NO3. The number of hydrogen-bond acceptors (Lipinski definition) is 4. The molecule has 1 saturated heterocycles. The fourth-order valence-corrected chi connectivity index (χ4v) is 8.00. The van der Waals surface area contributed by atoms with Crippen molar-refractivity contribution in [1.29, 1.82) is 0 Å². The van der Waals surface area contributed by atoms with Crippen LogP contribution in [0.5, 0.6) is 0 Å². The number of rotatable bonds is 4. The second-order valence-electron chi connectivity index (χ2n) is 11.3. The summed E-state index contributed by atoms with van der Waals surface area (Å²) in [6.45, 7) is 7.85. The Bertz CT molecular complexity index is 739. The zero-order valence-electron chi connectivity index (χ0n) is 19.0. The predicted molar refractivity (Wildman–Crippen MR) is 117 cm³/mol.